The van der Waals surface area contributed by atoms with E-state index >= 15 is 0 Å². The summed E-state index contributed by atoms with van der Waals surface area (Å²) in [6, 6.07) is 6.29. The number of sulfone groups is 1. The van der Waals surface area contributed by atoms with E-state index in [0.29, 0.717) is 30.3 Å². The molecule has 2 heterocycles. The molecule has 1 aromatic rings. The summed E-state index contributed by atoms with van der Waals surface area (Å²) >= 11 is 0. The molecule has 8 nitrogen and oxygen atoms in total. The molecular weight excluding hydrogens is 420 g/mol. The van der Waals surface area contributed by atoms with Crippen LogP contribution in [0.5, 0.6) is 11.5 Å². The Kier molecular flexibility index (Phi) is 6.51. The first-order valence-electron chi connectivity index (χ1n) is 10.0. The SMILES string of the molecule is CCOc1ccc(/C=C2/C(=O)N([C@H]3CCS(=O)(=O)C3)C(=O)C(C#N)=C2C)cc1OCC. The van der Waals surface area contributed by atoms with E-state index in [9.17, 15) is 23.3 Å². The van der Waals surface area contributed by atoms with E-state index in [4.69, 9.17) is 9.47 Å². The van der Waals surface area contributed by atoms with Gasteiger partial charge >= 0.3 is 0 Å². The molecule has 2 aliphatic heterocycles. The van der Waals surface area contributed by atoms with Gasteiger partial charge in [0.2, 0.25) is 0 Å². The lowest BCUT2D eigenvalue weighted by atomic mass is 9.92. The van der Waals surface area contributed by atoms with E-state index in [2.05, 4.69) is 0 Å². The summed E-state index contributed by atoms with van der Waals surface area (Å²) in [6.45, 7) is 6.14. The Morgan fingerprint density at radius 3 is 2.42 bits per heavy atom. The molecule has 1 aromatic carbocycles. The average Bonchev–Trinajstić information content (AvgIpc) is 3.07. The van der Waals surface area contributed by atoms with Crippen LogP contribution in [0.2, 0.25) is 0 Å². The third-order valence-electron chi connectivity index (χ3n) is 5.22. The molecule has 0 unspecified atom stereocenters. The van der Waals surface area contributed by atoms with Crippen LogP contribution in [-0.4, -0.2) is 55.9 Å². The summed E-state index contributed by atoms with van der Waals surface area (Å²) in [5, 5.41) is 9.53. The number of hydrogen-bond acceptors (Lipinski definition) is 7. The van der Waals surface area contributed by atoms with Gasteiger partial charge in [0, 0.05) is 5.57 Å². The zero-order chi connectivity index (χ0) is 22.8. The van der Waals surface area contributed by atoms with Crippen molar-refractivity contribution in [1.82, 2.24) is 4.90 Å². The number of hydrogen-bond donors (Lipinski definition) is 0. The molecule has 164 valence electrons. The number of amides is 2. The van der Waals surface area contributed by atoms with Crippen molar-refractivity contribution in [3.63, 3.8) is 0 Å². The van der Waals surface area contributed by atoms with Crippen LogP contribution in [0.4, 0.5) is 0 Å². The number of nitriles is 1. The Bertz CT molecular complexity index is 1130. The molecule has 0 radical (unpaired) electrons. The Morgan fingerprint density at radius 2 is 1.84 bits per heavy atom. The summed E-state index contributed by atoms with van der Waals surface area (Å²) in [5.41, 5.74) is 0.903. The summed E-state index contributed by atoms with van der Waals surface area (Å²) < 4.78 is 35.0. The number of carbonyl (C=O) groups excluding carboxylic acids is 2. The minimum atomic E-state index is -3.32. The Balaban J connectivity index is 2.06. The van der Waals surface area contributed by atoms with Crippen LogP contribution < -0.4 is 9.47 Å². The van der Waals surface area contributed by atoms with Crippen molar-refractivity contribution >= 4 is 27.7 Å². The highest BCUT2D eigenvalue weighted by Gasteiger charge is 2.43. The topological polar surface area (TPSA) is 114 Å². The van der Waals surface area contributed by atoms with Crippen LogP contribution in [0.15, 0.2) is 34.9 Å². The lowest BCUT2D eigenvalue weighted by Crippen LogP contribution is -2.49. The van der Waals surface area contributed by atoms with Crippen molar-refractivity contribution in [2.24, 2.45) is 0 Å². The van der Waals surface area contributed by atoms with Crippen LogP contribution in [0, 0.1) is 11.3 Å². The van der Waals surface area contributed by atoms with Crippen LogP contribution in [-0.2, 0) is 19.4 Å². The molecule has 9 heteroatoms. The Hall–Kier alpha value is -3.12. The van der Waals surface area contributed by atoms with Gasteiger partial charge in [-0.05, 0) is 56.5 Å². The molecule has 2 amide bonds. The normalized spacial score (nSPS) is 22.1. The average molecular weight is 445 g/mol. The predicted molar refractivity (Wildman–Crippen MR) is 114 cm³/mol. The maximum absolute atomic E-state index is 13.2. The molecule has 1 atom stereocenters. The van der Waals surface area contributed by atoms with Crippen LogP contribution >= 0.6 is 0 Å². The summed E-state index contributed by atoms with van der Waals surface area (Å²) in [4.78, 5) is 27.0. The maximum Gasteiger partial charge on any atom is 0.271 e. The molecule has 0 aromatic heterocycles. The van der Waals surface area contributed by atoms with Crippen LogP contribution in [0.1, 0.15) is 32.8 Å². The number of benzene rings is 1. The summed E-state index contributed by atoms with van der Waals surface area (Å²) in [6.07, 6.45) is 1.75. The van der Waals surface area contributed by atoms with Gasteiger partial charge < -0.3 is 9.47 Å². The van der Waals surface area contributed by atoms with Crippen LogP contribution in [0.25, 0.3) is 6.08 Å². The molecule has 0 spiro atoms. The molecular formula is C22H24N2O6S. The van der Waals surface area contributed by atoms with Gasteiger partial charge in [-0.3, -0.25) is 14.5 Å². The molecule has 3 rings (SSSR count). The molecule has 1 fully saturated rings. The minimum absolute atomic E-state index is 0.0883. The molecule has 31 heavy (non-hydrogen) atoms. The zero-order valence-electron chi connectivity index (χ0n) is 17.7. The van der Waals surface area contributed by atoms with Crippen molar-refractivity contribution in [1.29, 1.82) is 5.26 Å². The third kappa shape index (κ3) is 4.49. The van der Waals surface area contributed by atoms with E-state index in [1.165, 1.54) is 0 Å². The largest absolute Gasteiger partial charge is 0.490 e. The molecule has 0 N–H and O–H groups in total. The summed E-state index contributed by atoms with van der Waals surface area (Å²) in [5.74, 6) is -0.637. The van der Waals surface area contributed by atoms with E-state index in [1.54, 1.807) is 31.2 Å². The van der Waals surface area contributed by atoms with Crippen molar-refractivity contribution < 1.29 is 27.5 Å². The predicted octanol–water partition coefficient (Wildman–Crippen LogP) is 2.26. The van der Waals surface area contributed by atoms with Gasteiger partial charge in [-0.1, -0.05) is 6.07 Å². The lowest BCUT2D eigenvalue weighted by molar-refractivity contribution is -0.142. The summed E-state index contributed by atoms with van der Waals surface area (Å²) in [7, 11) is -3.32. The highest BCUT2D eigenvalue weighted by molar-refractivity contribution is 7.91. The molecule has 0 saturated carbocycles. The van der Waals surface area contributed by atoms with Gasteiger partial charge in [0.05, 0.1) is 30.8 Å². The van der Waals surface area contributed by atoms with Gasteiger partial charge in [0.1, 0.15) is 11.6 Å². The van der Waals surface area contributed by atoms with Crippen LogP contribution in [0.3, 0.4) is 0 Å². The van der Waals surface area contributed by atoms with Gasteiger partial charge in [-0.15, -0.1) is 0 Å². The molecule has 0 aliphatic carbocycles. The fourth-order valence-electron chi connectivity index (χ4n) is 3.73. The number of rotatable bonds is 6. The van der Waals surface area contributed by atoms with Crippen molar-refractivity contribution in [3.05, 3.63) is 40.5 Å². The third-order valence-corrected chi connectivity index (χ3v) is 6.98. The first-order valence-corrected chi connectivity index (χ1v) is 11.9. The molecule has 0 bridgehead atoms. The number of nitrogens with zero attached hydrogens (tertiary/aromatic N) is 2. The van der Waals surface area contributed by atoms with E-state index in [0.717, 1.165) is 4.90 Å². The Morgan fingerprint density at radius 1 is 1.16 bits per heavy atom. The minimum Gasteiger partial charge on any atom is -0.490 e. The quantitative estimate of drug-likeness (QED) is 0.488. The van der Waals surface area contributed by atoms with E-state index < -0.39 is 27.7 Å². The first kappa shape index (κ1) is 22.6. The standard InChI is InChI=1S/C22H24N2O6S/c1-4-29-19-7-6-15(11-20(19)30-5-2)10-17-14(3)18(12-23)22(26)24(21(17)25)16-8-9-31(27,28)13-16/h6-7,10-11,16H,4-5,8-9,13H2,1-3H3/b17-10+/t16-/m0/s1. The number of ether oxygens (including phenoxy) is 2. The highest BCUT2D eigenvalue weighted by Crippen LogP contribution is 2.33. The van der Waals surface area contributed by atoms with Gasteiger partial charge in [0.25, 0.3) is 11.8 Å². The second-order valence-electron chi connectivity index (χ2n) is 7.28. The van der Waals surface area contributed by atoms with Gasteiger partial charge in [-0.2, -0.15) is 5.26 Å². The second kappa shape index (κ2) is 8.94. The molecule has 2 aliphatic rings. The smallest absolute Gasteiger partial charge is 0.271 e. The molecule has 1 saturated heterocycles. The monoisotopic (exact) mass is 444 g/mol. The highest BCUT2D eigenvalue weighted by atomic mass is 32.2. The first-order chi connectivity index (χ1) is 14.7. The maximum atomic E-state index is 13.2. The van der Waals surface area contributed by atoms with Crippen molar-refractivity contribution in [3.8, 4) is 17.6 Å². The number of imide groups is 1. The lowest BCUT2D eigenvalue weighted by Gasteiger charge is -2.31. The van der Waals surface area contributed by atoms with Gasteiger partial charge in [-0.25, -0.2) is 8.42 Å². The number of carbonyl (C=O) groups is 2. The van der Waals surface area contributed by atoms with E-state index in [1.807, 2.05) is 19.9 Å². The zero-order valence-corrected chi connectivity index (χ0v) is 18.5. The second-order valence-corrected chi connectivity index (χ2v) is 9.51. The van der Waals surface area contributed by atoms with Crippen molar-refractivity contribution in [2.45, 2.75) is 33.2 Å². The van der Waals surface area contributed by atoms with Gasteiger partial charge in [0.15, 0.2) is 21.3 Å². The fraction of sp³-hybridized carbons (Fsp3) is 0.409. The Labute approximate surface area is 181 Å². The fourth-order valence-corrected chi connectivity index (χ4v) is 5.43. The van der Waals surface area contributed by atoms with Crippen molar-refractivity contribution in [2.75, 3.05) is 24.7 Å². The van der Waals surface area contributed by atoms with E-state index in [-0.39, 0.29) is 34.6 Å².